The molecule has 0 saturated heterocycles. The summed E-state index contributed by atoms with van der Waals surface area (Å²) in [5.74, 6) is 0.151. The van der Waals surface area contributed by atoms with Crippen LogP contribution in [-0.2, 0) is 4.79 Å². The van der Waals surface area contributed by atoms with Crippen LogP contribution in [0.3, 0.4) is 0 Å². The molecule has 0 aliphatic rings. The topological polar surface area (TPSA) is 29.1 Å². The van der Waals surface area contributed by atoms with Gasteiger partial charge < -0.3 is 5.32 Å². The van der Waals surface area contributed by atoms with Crippen molar-refractivity contribution in [3.05, 3.63) is 35.9 Å². The second-order valence-electron chi connectivity index (χ2n) is 4.59. The van der Waals surface area contributed by atoms with Crippen LogP contribution in [0, 0.1) is 5.92 Å². The van der Waals surface area contributed by atoms with Gasteiger partial charge in [-0.1, -0.05) is 26.0 Å². The molecule has 0 atom stereocenters. The maximum Gasteiger partial charge on any atom is 0.446 e. The van der Waals surface area contributed by atoms with E-state index in [0.717, 1.165) is 0 Å². The molecule has 20 heavy (non-hydrogen) atoms. The van der Waals surface area contributed by atoms with Crippen LogP contribution in [-0.4, -0.2) is 18.0 Å². The Labute approximate surface area is 120 Å². The minimum atomic E-state index is -4.28. The SMILES string of the molecule is CC(C)CNC(=O)/C=C/c1ccc(SC(F)(F)F)cc1. The first-order valence-electron chi connectivity index (χ1n) is 6.08. The molecule has 0 aromatic heterocycles. The first-order valence-corrected chi connectivity index (χ1v) is 6.89. The van der Waals surface area contributed by atoms with E-state index in [4.69, 9.17) is 0 Å². The van der Waals surface area contributed by atoms with E-state index in [9.17, 15) is 18.0 Å². The van der Waals surface area contributed by atoms with Gasteiger partial charge in [-0.15, -0.1) is 0 Å². The van der Waals surface area contributed by atoms with Crippen LogP contribution in [0.15, 0.2) is 35.2 Å². The van der Waals surface area contributed by atoms with Gasteiger partial charge in [0.05, 0.1) is 0 Å². The van der Waals surface area contributed by atoms with Crippen LogP contribution in [0.4, 0.5) is 13.2 Å². The van der Waals surface area contributed by atoms with E-state index in [1.807, 2.05) is 13.8 Å². The lowest BCUT2D eigenvalue weighted by Crippen LogP contribution is -2.25. The van der Waals surface area contributed by atoms with E-state index in [2.05, 4.69) is 5.32 Å². The van der Waals surface area contributed by atoms with Crippen molar-refractivity contribution in [2.45, 2.75) is 24.3 Å². The number of alkyl halides is 3. The van der Waals surface area contributed by atoms with Crippen molar-refractivity contribution in [3.63, 3.8) is 0 Å². The number of halogens is 3. The number of benzene rings is 1. The first-order chi connectivity index (χ1) is 9.26. The van der Waals surface area contributed by atoms with E-state index in [-0.39, 0.29) is 22.6 Å². The Kier molecular flexibility index (Phi) is 6.13. The summed E-state index contributed by atoms with van der Waals surface area (Å²) in [5, 5.41) is 2.72. The molecule has 1 N–H and O–H groups in total. The Morgan fingerprint density at radius 1 is 1.30 bits per heavy atom. The van der Waals surface area contributed by atoms with Gasteiger partial charge in [-0.2, -0.15) is 13.2 Å². The minimum absolute atomic E-state index is 0.124. The van der Waals surface area contributed by atoms with Crippen molar-refractivity contribution in [2.75, 3.05) is 6.54 Å². The fraction of sp³-hybridized carbons (Fsp3) is 0.357. The molecule has 2 nitrogen and oxygen atoms in total. The molecular weight excluding hydrogens is 287 g/mol. The number of thioether (sulfide) groups is 1. The Balaban J connectivity index is 2.55. The number of carbonyl (C=O) groups excluding carboxylic acids is 1. The summed E-state index contributed by atoms with van der Waals surface area (Å²) in [7, 11) is 0. The van der Waals surface area contributed by atoms with Gasteiger partial charge in [0.25, 0.3) is 0 Å². The lowest BCUT2D eigenvalue weighted by atomic mass is 10.2. The predicted octanol–water partition coefficient (Wildman–Crippen LogP) is 4.08. The molecule has 0 fully saturated rings. The molecule has 110 valence electrons. The van der Waals surface area contributed by atoms with Crippen molar-refractivity contribution in [2.24, 2.45) is 5.92 Å². The smallest absolute Gasteiger partial charge is 0.352 e. The largest absolute Gasteiger partial charge is 0.446 e. The molecule has 1 amide bonds. The Morgan fingerprint density at radius 3 is 2.40 bits per heavy atom. The molecule has 1 aromatic rings. The van der Waals surface area contributed by atoms with Crippen LogP contribution in [0.5, 0.6) is 0 Å². The van der Waals surface area contributed by atoms with Gasteiger partial charge in [-0.3, -0.25) is 4.79 Å². The maximum absolute atomic E-state index is 12.1. The standard InChI is InChI=1S/C14H16F3NOS/c1-10(2)9-18-13(19)8-5-11-3-6-12(7-4-11)20-14(15,16)17/h3-8,10H,9H2,1-2H3,(H,18,19)/b8-5+. The molecule has 1 aromatic carbocycles. The van der Waals surface area contributed by atoms with Crippen LogP contribution < -0.4 is 5.32 Å². The number of hydrogen-bond donors (Lipinski definition) is 1. The summed E-state index contributed by atoms with van der Waals surface area (Å²) in [6.45, 7) is 4.56. The number of amides is 1. The van der Waals surface area contributed by atoms with Gasteiger partial charge in [0.2, 0.25) is 5.91 Å². The molecule has 0 aliphatic carbocycles. The van der Waals surface area contributed by atoms with Crippen molar-refractivity contribution in [3.8, 4) is 0 Å². The number of rotatable bonds is 5. The van der Waals surface area contributed by atoms with E-state index < -0.39 is 5.51 Å². The second-order valence-corrected chi connectivity index (χ2v) is 5.73. The van der Waals surface area contributed by atoms with Gasteiger partial charge in [0.15, 0.2) is 0 Å². The fourth-order valence-electron chi connectivity index (χ4n) is 1.32. The molecular formula is C14H16F3NOS. The summed E-state index contributed by atoms with van der Waals surface area (Å²) >= 11 is -0.158. The lowest BCUT2D eigenvalue weighted by molar-refractivity contribution is -0.116. The summed E-state index contributed by atoms with van der Waals surface area (Å²) < 4.78 is 36.4. The third kappa shape index (κ3) is 7.23. The van der Waals surface area contributed by atoms with Gasteiger partial charge in [0, 0.05) is 17.5 Å². The number of hydrogen-bond acceptors (Lipinski definition) is 2. The van der Waals surface area contributed by atoms with Crippen molar-refractivity contribution >= 4 is 23.7 Å². The van der Waals surface area contributed by atoms with Crippen LogP contribution in [0.25, 0.3) is 6.08 Å². The number of nitrogens with one attached hydrogen (secondary N) is 1. The fourth-order valence-corrected chi connectivity index (χ4v) is 1.86. The molecule has 0 saturated carbocycles. The summed E-state index contributed by atoms with van der Waals surface area (Å²) in [6.07, 6.45) is 2.94. The first kappa shape index (κ1) is 16.6. The van der Waals surface area contributed by atoms with Crippen molar-refractivity contribution in [1.82, 2.24) is 5.32 Å². The molecule has 0 heterocycles. The molecule has 0 unspecified atom stereocenters. The van der Waals surface area contributed by atoms with E-state index in [0.29, 0.717) is 18.0 Å². The lowest BCUT2D eigenvalue weighted by Gasteiger charge is -2.05. The molecule has 0 radical (unpaired) electrons. The Morgan fingerprint density at radius 2 is 1.90 bits per heavy atom. The zero-order chi connectivity index (χ0) is 15.2. The second kappa shape index (κ2) is 7.38. The van der Waals surface area contributed by atoms with Crippen molar-refractivity contribution < 1.29 is 18.0 Å². The maximum atomic E-state index is 12.1. The predicted molar refractivity (Wildman–Crippen MR) is 75.2 cm³/mol. The molecule has 0 spiro atoms. The summed E-state index contributed by atoms with van der Waals surface area (Å²) in [6, 6.07) is 5.84. The minimum Gasteiger partial charge on any atom is -0.352 e. The summed E-state index contributed by atoms with van der Waals surface area (Å²) in [5.41, 5.74) is -3.61. The highest BCUT2D eigenvalue weighted by molar-refractivity contribution is 8.00. The van der Waals surface area contributed by atoms with Crippen molar-refractivity contribution in [1.29, 1.82) is 0 Å². The normalized spacial score (nSPS) is 12.1. The highest BCUT2D eigenvalue weighted by atomic mass is 32.2. The molecule has 0 aliphatic heterocycles. The quantitative estimate of drug-likeness (QED) is 0.656. The van der Waals surface area contributed by atoms with Crippen LogP contribution in [0.1, 0.15) is 19.4 Å². The van der Waals surface area contributed by atoms with Gasteiger partial charge in [-0.05, 0) is 41.5 Å². The Bertz CT molecular complexity index is 466. The van der Waals surface area contributed by atoms with Crippen LogP contribution >= 0.6 is 11.8 Å². The molecule has 6 heteroatoms. The van der Waals surface area contributed by atoms with E-state index in [1.54, 1.807) is 18.2 Å². The monoisotopic (exact) mass is 303 g/mol. The van der Waals surface area contributed by atoms with Crippen LogP contribution in [0.2, 0.25) is 0 Å². The zero-order valence-electron chi connectivity index (χ0n) is 11.2. The third-order valence-corrected chi connectivity index (χ3v) is 2.96. The van der Waals surface area contributed by atoms with Gasteiger partial charge in [-0.25, -0.2) is 0 Å². The highest BCUT2D eigenvalue weighted by Gasteiger charge is 2.28. The van der Waals surface area contributed by atoms with Gasteiger partial charge in [0.1, 0.15) is 0 Å². The zero-order valence-corrected chi connectivity index (χ0v) is 12.0. The average Bonchev–Trinajstić information content (AvgIpc) is 2.33. The van der Waals surface area contributed by atoms with Gasteiger partial charge >= 0.3 is 5.51 Å². The third-order valence-electron chi connectivity index (χ3n) is 2.23. The summed E-state index contributed by atoms with van der Waals surface area (Å²) in [4.78, 5) is 11.5. The van der Waals surface area contributed by atoms with E-state index >= 15 is 0 Å². The molecule has 0 bridgehead atoms. The Hall–Kier alpha value is -1.43. The van der Waals surface area contributed by atoms with E-state index in [1.165, 1.54) is 18.2 Å². The number of carbonyl (C=O) groups is 1. The highest BCUT2D eigenvalue weighted by Crippen LogP contribution is 2.36. The average molecular weight is 303 g/mol. The molecule has 1 rings (SSSR count).